The van der Waals surface area contributed by atoms with Crippen LogP contribution in [0, 0.1) is 6.92 Å². The Labute approximate surface area is 173 Å². The molecule has 0 unspecified atom stereocenters. The first-order valence-electron chi connectivity index (χ1n) is 8.53. The SMILES string of the molecule is Cc1ccccc1C(=O)Oc1ccc(/C=N\NS(=O)(=O)c2ccc(Cl)cc2)cc1. The molecule has 3 aromatic carbocycles. The molecule has 0 aliphatic heterocycles. The molecular formula is C21H17ClN2O4S. The molecule has 0 heterocycles. The number of benzene rings is 3. The van der Waals surface area contributed by atoms with Crippen molar-refractivity contribution in [2.45, 2.75) is 11.8 Å². The van der Waals surface area contributed by atoms with E-state index < -0.39 is 16.0 Å². The Kier molecular flexibility index (Phi) is 6.31. The lowest BCUT2D eigenvalue weighted by molar-refractivity contribution is 0.0734. The molecule has 8 heteroatoms. The van der Waals surface area contributed by atoms with Gasteiger partial charge in [-0.1, -0.05) is 29.8 Å². The van der Waals surface area contributed by atoms with Gasteiger partial charge in [0.05, 0.1) is 16.7 Å². The standard InChI is InChI=1S/C21H17ClN2O4S/c1-15-4-2-3-5-20(15)21(25)28-18-10-6-16(7-11-18)14-23-24-29(26,27)19-12-8-17(22)9-13-19/h2-14,24H,1H3/b23-14-. The van der Waals surface area contributed by atoms with E-state index in [4.69, 9.17) is 16.3 Å². The number of ether oxygens (including phenoxy) is 1. The summed E-state index contributed by atoms with van der Waals surface area (Å²) < 4.78 is 29.6. The van der Waals surface area contributed by atoms with Gasteiger partial charge in [-0.2, -0.15) is 13.5 Å². The lowest BCUT2D eigenvalue weighted by Crippen LogP contribution is -2.18. The smallest absolute Gasteiger partial charge is 0.343 e. The van der Waals surface area contributed by atoms with Gasteiger partial charge in [0, 0.05) is 5.02 Å². The summed E-state index contributed by atoms with van der Waals surface area (Å²) in [6, 6.07) is 19.4. The molecule has 29 heavy (non-hydrogen) atoms. The zero-order chi connectivity index (χ0) is 20.9. The predicted octanol–water partition coefficient (Wildman–Crippen LogP) is 4.18. The molecule has 0 saturated carbocycles. The molecule has 0 fully saturated rings. The minimum absolute atomic E-state index is 0.0533. The first kappa shape index (κ1) is 20.6. The van der Waals surface area contributed by atoms with Crippen LogP contribution < -0.4 is 9.57 Å². The summed E-state index contributed by atoms with van der Waals surface area (Å²) in [5.74, 6) is -0.0719. The summed E-state index contributed by atoms with van der Waals surface area (Å²) >= 11 is 5.76. The Bertz CT molecular complexity index is 1140. The first-order valence-corrected chi connectivity index (χ1v) is 10.4. The fraction of sp³-hybridized carbons (Fsp3) is 0.0476. The van der Waals surface area contributed by atoms with Crippen molar-refractivity contribution in [3.8, 4) is 5.75 Å². The van der Waals surface area contributed by atoms with Crippen molar-refractivity contribution < 1.29 is 17.9 Å². The van der Waals surface area contributed by atoms with Gasteiger partial charge < -0.3 is 4.74 Å². The summed E-state index contributed by atoms with van der Waals surface area (Å²) in [5.41, 5.74) is 1.95. The maximum absolute atomic E-state index is 12.2. The number of nitrogens with zero attached hydrogens (tertiary/aromatic N) is 1. The molecule has 1 N–H and O–H groups in total. The Morgan fingerprint density at radius 1 is 1.00 bits per heavy atom. The molecule has 0 bridgehead atoms. The first-order chi connectivity index (χ1) is 13.8. The lowest BCUT2D eigenvalue weighted by atomic mass is 10.1. The molecule has 0 aliphatic carbocycles. The molecule has 0 saturated heterocycles. The number of hydrogen-bond acceptors (Lipinski definition) is 5. The molecule has 0 amide bonds. The number of carbonyl (C=O) groups is 1. The van der Waals surface area contributed by atoms with Gasteiger partial charge in [-0.15, -0.1) is 0 Å². The maximum atomic E-state index is 12.2. The molecule has 3 aromatic rings. The lowest BCUT2D eigenvalue weighted by Gasteiger charge is -2.06. The van der Waals surface area contributed by atoms with Crippen molar-refractivity contribution in [1.82, 2.24) is 4.83 Å². The van der Waals surface area contributed by atoms with Gasteiger partial charge in [-0.25, -0.2) is 9.63 Å². The van der Waals surface area contributed by atoms with Gasteiger partial charge in [0.1, 0.15) is 5.75 Å². The second kappa shape index (κ2) is 8.89. The summed E-state index contributed by atoms with van der Waals surface area (Å²) in [5, 5.41) is 4.20. The largest absolute Gasteiger partial charge is 0.423 e. The second-order valence-electron chi connectivity index (χ2n) is 6.08. The quantitative estimate of drug-likeness (QED) is 0.276. The number of sulfonamides is 1. The number of esters is 1. The topological polar surface area (TPSA) is 84.8 Å². The number of halogens is 1. The molecule has 0 aliphatic rings. The monoisotopic (exact) mass is 428 g/mol. The van der Waals surface area contributed by atoms with Crippen LogP contribution in [0.5, 0.6) is 5.75 Å². The Morgan fingerprint density at radius 3 is 2.31 bits per heavy atom. The molecule has 0 radical (unpaired) electrons. The van der Waals surface area contributed by atoms with Crippen molar-refractivity contribution in [2.24, 2.45) is 5.10 Å². The average Bonchev–Trinajstić information content (AvgIpc) is 2.70. The van der Waals surface area contributed by atoms with E-state index in [1.165, 1.54) is 30.5 Å². The van der Waals surface area contributed by atoms with E-state index in [-0.39, 0.29) is 4.90 Å². The van der Waals surface area contributed by atoms with Crippen molar-refractivity contribution in [3.05, 3.63) is 94.5 Å². The highest BCUT2D eigenvalue weighted by Crippen LogP contribution is 2.16. The predicted molar refractivity (Wildman–Crippen MR) is 112 cm³/mol. The van der Waals surface area contributed by atoms with E-state index in [0.29, 0.717) is 21.9 Å². The van der Waals surface area contributed by atoms with Gasteiger partial charge in [-0.05, 0) is 72.6 Å². The van der Waals surface area contributed by atoms with E-state index in [0.717, 1.165) is 5.56 Å². The number of aryl methyl sites for hydroxylation is 1. The Hall–Kier alpha value is -3.16. The number of rotatable bonds is 6. The number of hydrazone groups is 1. The average molecular weight is 429 g/mol. The minimum atomic E-state index is -3.78. The van der Waals surface area contributed by atoms with Gasteiger partial charge >= 0.3 is 5.97 Å². The highest BCUT2D eigenvalue weighted by molar-refractivity contribution is 7.89. The molecule has 0 aromatic heterocycles. The maximum Gasteiger partial charge on any atom is 0.343 e. The Morgan fingerprint density at radius 2 is 1.66 bits per heavy atom. The van der Waals surface area contributed by atoms with Crippen molar-refractivity contribution in [1.29, 1.82) is 0 Å². The summed E-state index contributed by atoms with van der Waals surface area (Å²) in [6.45, 7) is 1.83. The fourth-order valence-corrected chi connectivity index (χ4v) is 3.34. The van der Waals surface area contributed by atoms with Gasteiger partial charge in [0.15, 0.2) is 0 Å². The Balaban J connectivity index is 1.62. The molecular weight excluding hydrogens is 412 g/mol. The van der Waals surface area contributed by atoms with Crippen LogP contribution in [0.2, 0.25) is 5.02 Å². The third-order valence-corrected chi connectivity index (χ3v) is 5.46. The number of hydrogen-bond donors (Lipinski definition) is 1. The fourth-order valence-electron chi connectivity index (χ4n) is 2.42. The number of carbonyl (C=O) groups excluding carboxylic acids is 1. The third-order valence-electron chi connectivity index (χ3n) is 3.97. The highest BCUT2D eigenvalue weighted by atomic mass is 35.5. The summed E-state index contributed by atoms with van der Waals surface area (Å²) in [4.78, 5) is 14.4. The van der Waals surface area contributed by atoms with E-state index in [1.54, 1.807) is 36.4 Å². The van der Waals surface area contributed by atoms with E-state index in [1.807, 2.05) is 19.1 Å². The van der Waals surface area contributed by atoms with Crippen LogP contribution in [-0.2, 0) is 10.0 Å². The number of nitrogens with one attached hydrogen (secondary N) is 1. The molecule has 3 rings (SSSR count). The van der Waals surface area contributed by atoms with Crippen LogP contribution in [0.4, 0.5) is 0 Å². The van der Waals surface area contributed by atoms with Crippen LogP contribution in [-0.4, -0.2) is 20.6 Å². The van der Waals surface area contributed by atoms with Crippen LogP contribution in [0.25, 0.3) is 0 Å². The van der Waals surface area contributed by atoms with Gasteiger partial charge in [-0.3, -0.25) is 0 Å². The second-order valence-corrected chi connectivity index (χ2v) is 8.18. The molecule has 0 atom stereocenters. The zero-order valence-corrected chi connectivity index (χ0v) is 16.9. The third kappa shape index (κ3) is 5.43. The van der Waals surface area contributed by atoms with Crippen molar-refractivity contribution >= 4 is 33.8 Å². The van der Waals surface area contributed by atoms with E-state index in [9.17, 15) is 13.2 Å². The normalized spacial score (nSPS) is 11.4. The summed E-state index contributed by atoms with van der Waals surface area (Å²) in [7, 11) is -3.78. The van der Waals surface area contributed by atoms with Crippen LogP contribution in [0.15, 0.2) is 82.8 Å². The van der Waals surface area contributed by atoms with E-state index >= 15 is 0 Å². The highest BCUT2D eigenvalue weighted by Gasteiger charge is 2.12. The van der Waals surface area contributed by atoms with Crippen LogP contribution >= 0.6 is 11.6 Å². The van der Waals surface area contributed by atoms with Gasteiger partial charge in [0.2, 0.25) is 0 Å². The van der Waals surface area contributed by atoms with Crippen molar-refractivity contribution in [3.63, 3.8) is 0 Å². The van der Waals surface area contributed by atoms with Crippen molar-refractivity contribution in [2.75, 3.05) is 0 Å². The zero-order valence-electron chi connectivity index (χ0n) is 15.4. The molecule has 148 valence electrons. The van der Waals surface area contributed by atoms with Crippen LogP contribution in [0.1, 0.15) is 21.5 Å². The van der Waals surface area contributed by atoms with Crippen LogP contribution in [0.3, 0.4) is 0 Å². The minimum Gasteiger partial charge on any atom is -0.423 e. The molecule has 0 spiro atoms. The molecule has 6 nitrogen and oxygen atoms in total. The van der Waals surface area contributed by atoms with Gasteiger partial charge in [0.25, 0.3) is 10.0 Å². The summed E-state index contributed by atoms with van der Waals surface area (Å²) in [6.07, 6.45) is 1.35. The van der Waals surface area contributed by atoms with E-state index in [2.05, 4.69) is 9.93 Å².